The zero-order valence-electron chi connectivity index (χ0n) is 12.7. The van der Waals surface area contributed by atoms with Gasteiger partial charge in [0.1, 0.15) is 11.4 Å². The summed E-state index contributed by atoms with van der Waals surface area (Å²) >= 11 is 0. The number of hydrogen-bond donors (Lipinski definition) is 2. The normalized spacial score (nSPS) is 12.0. The summed E-state index contributed by atoms with van der Waals surface area (Å²) in [4.78, 5) is 2.26. The van der Waals surface area contributed by atoms with Gasteiger partial charge in [0.15, 0.2) is 0 Å². The molecular formula is C17H19N5. The van der Waals surface area contributed by atoms with E-state index in [4.69, 9.17) is 0 Å². The zero-order valence-corrected chi connectivity index (χ0v) is 12.7. The van der Waals surface area contributed by atoms with Crippen LogP contribution in [-0.2, 0) is 6.54 Å². The molecule has 0 fully saturated rings. The number of fused-ring (bicyclic) bond motifs is 5. The van der Waals surface area contributed by atoms with Gasteiger partial charge in [0.2, 0.25) is 0 Å². The van der Waals surface area contributed by atoms with Gasteiger partial charge >= 0.3 is 0 Å². The van der Waals surface area contributed by atoms with Crippen molar-refractivity contribution in [2.75, 3.05) is 19.0 Å². The van der Waals surface area contributed by atoms with Crippen LogP contribution in [0.1, 0.15) is 5.56 Å². The lowest BCUT2D eigenvalue weighted by molar-refractivity contribution is 0.922. The van der Waals surface area contributed by atoms with Crippen LogP contribution in [0.15, 0.2) is 48.5 Å². The molecule has 1 aliphatic rings. The molecule has 2 heterocycles. The Bertz CT molecular complexity index is 778. The molecule has 5 nitrogen and oxygen atoms in total. The van der Waals surface area contributed by atoms with Crippen LogP contribution in [0, 0.1) is 0 Å². The predicted molar refractivity (Wildman–Crippen MR) is 89.5 cm³/mol. The molecule has 5 heteroatoms. The highest BCUT2D eigenvalue weighted by Crippen LogP contribution is 2.38. The smallest absolute Gasteiger partial charge is 0.122 e. The summed E-state index contributed by atoms with van der Waals surface area (Å²) < 4.78 is 0. The first kappa shape index (κ1) is 14.3. The van der Waals surface area contributed by atoms with Crippen LogP contribution in [0.4, 0.5) is 5.69 Å². The minimum absolute atomic E-state index is 0.861. The van der Waals surface area contributed by atoms with E-state index in [9.17, 15) is 0 Å². The fraction of sp³-hybridized carbons (Fsp3) is 0.176. The molecule has 0 saturated heterocycles. The second-order valence-corrected chi connectivity index (χ2v) is 5.05. The minimum Gasteiger partial charge on any atom is -0.370 e. The number of benzene rings is 2. The van der Waals surface area contributed by atoms with E-state index < -0.39 is 0 Å². The zero-order chi connectivity index (χ0) is 15.5. The quantitative estimate of drug-likeness (QED) is 0.668. The number of nitrogens with two attached hydrogens (primary N) is 1. The molecule has 112 valence electrons. The highest BCUT2D eigenvalue weighted by Gasteiger charge is 2.22. The van der Waals surface area contributed by atoms with E-state index >= 15 is 0 Å². The van der Waals surface area contributed by atoms with Gasteiger partial charge in [-0.3, -0.25) is 0 Å². The molecule has 0 radical (unpaired) electrons. The standard InChI is InChI=1S/C16H14N4.CH5N/c1-20-10-11-6-2-3-7-12(11)15-16(18-19-17-15)13-8-4-5-9-14(13)20;1-2/h2-9H,10H2,1H3,(H,17,18,19);2H2,1H3. The molecule has 0 saturated carbocycles. The third-order valence-electron chi connectivity index (χ3n) is 3.80. The summed E-state index contributed by atoms with van der Waals surface area (Å²) in [6, 6.07) is 16.7. The Morgan fingerprint density at radius 1 is 0.909 bits per heavy atom. The topological polar surface area (TPSA) is 70.8 Å². The predicted octanol–water partition coefficient (Wildman–Crippen LogP) is 2.66. The Morgan fingerprint density at radius 2 is 1.50 bits per heavy atom. The maximum atomic E-state index is 4.50. The lowest BCUT2D eigenvalue weighted by atomic mass is 9.96. The molecule has 0 amide bonds. The molecule has 0 spiro atoms. The monoisotopic (exact) mass is 293 g/mol. The van der Waals surface area contributed by atoms with Gasteiger partial charge in [0.25, 0.3) is 0 Å². The van der Waals surface area contributed by atoms with Gasteiger partial charge in [0, 0.05) is 30.4 Å². The molecule has 0 aliphatic carbocycles. The van der Waals surface area contributed by atoms with Gasteiger partial charge in [-0.1, -0.05) is 42.5 Å². The first-order chi connectivity index (χ1) is 10.8. The second kappa shape index (κ2) is 5.99. The van der Waals surface area contributed by atoms with Crippen LogP contribution in [-0.4, -0.2) is 29.5 Å². The summed E-state index contributed by atoms with van der Waals surface area (Å²) in [5, 5.41) is 11.5. The first-order valence-corrected chi connectivity index (χ1v) is 7.22. The fourth-order valence-corrected chi connectivity index (χ4v) is 2.84. The number of nitrogens with one attached hydrogen (secondary N) is 1. The SMILES string of the molecule is CN.CN1Cc2ccccc2-c2n[nH]nc2-c2ccccc21. The summed E-state index contributed by atoms with van der Waals surface area (Å²) in [6.45, 7) is 0.861. The van der Waals surface area contributed by atoms with Crippen molar-refractivity contribution >= 4 is 5.69 Å². The van der Waals surface area contributed by atoms with Gasteiger partial charge in [-0.05, 0) is 18.7 Å². The van der Waals surface area contributed by atoms with Crippen LogP contribution < -0.4 is 10.6 Å². The molecule has 1 aromatic heterocycles. The van der Waals surface area contributed by atoms with Crippen molar-refractivity contribution in [3.63, 3.8) is 0 Å². The van der Waals surface area contributed by atoms with Crippen molar-refractivity contribution in [3.8, 4) is 22.5 Å². The molecular weight excluding hydrogens is 274 g/mol. The van der Waals surface area contributed by atoms with E-state index in [1.54, 1.807) is 0 Å². The van der Waals surface area contributed by atoms with Crippen molar-refractivity contribution in [1.29, 1.82) is 0 Å². The number of rotatable bonds is 0. The van der Waals surface area contributed by atoms with Crippen molar-refractivity contribution in [3.05, 3.63) is 54.1 Å². The molecule has 2 aromatic carbocycles. The molecule has 3 N–H and O–H groups in total. The maximum Gasteiger partial charge on any atom is 0.122 e. The molecule has 0 bridgehead atoms. The Morgan fingerprint density at radius 3 is 2.27 bits per heavy atom. The van der Waals surface area contributed by atoms with Gasteiger partial charge < -0.3 is 10.6 Å². The minimum atomic E-state index is 0.861. The van der Waals surface area contributed by atoms with Crippen LogP contribution in [0.3, 0.4) is 0 Å². The van der Waals surface area contributed by atoms with E-state index in [-0.39, 0.29) is 0 Å². The van der Waals surface area contributed by atoms with Crippen molar-refractivity contribution < 1.29 is 0 Å². The number of aromatic amines is 1. The number of H-pyrrole nitrogens is 1. The summed E-state index contributed by atoms with van der Waals surface area (Å²) in [6.07, 6.45) is 0. The molecule has 1 aliphatic heterocycles. The maximum absolute atomic E-state index is 4.50. The van der Waals surface area contributed by atoms with E-state index in [1.807, 2.05) is 12.1 Å². The summed E-state index contributed by atoms with van der Waals surface area (Å²) in [5.41, 5.74) is 11.1. The van der Waals surface area contributed by atoms with E-state index in [2.05, 4.69) is 69.5 Å². The van der Waals surface area contributed by atoms with Crippen molar-refractivity contribution in [1.82, 2.24) is 15.4 Å². The van der Waals surface area contributed by atoms with Gasteiger partial charge in [-0.2, -0.15) is 15.4 Å². The fourth-order valence-electron chi connectivity index (χ4n) is 2.84. The molecule has 3 aromatic rings. The highest BCUT2D eigenvalue weighted by atomic mass is 15.3. The lowest BCUT2D eigenvalue weighted by Gasteiger charge is -2.25. The Hall–Kier alpha value is -2.66. The second-order valence-electron chi connectivity index (χ2n) is 5.05. The number of anilines is 1. The van der Waals surface area contributed by atoms with Crippen LogP contribution in [0.5, 0.6) is 0 Å². The Balaban J connectivity index is 0.000000693. The number of para-hydroxylation sites is 1. The van der Waals surface area contributed by atoms with Crippen LogP contribution in [0.2, 0.25) is 0 Å². The lowest BCUT2D eigenvalue weighted by Crippen LogP contribution is -2.19. The number of aromatic nitrogens is 3. The molecule has 22 heavy (non-hydrogen) atoms. The van der Waals surface area contributed by atoms with Gasteiger partial charge in [-0.15, -0.1) is 0 Å². The third kappa shape index (κ3) is 2.25. The number of hydrogen-bond acceptors (Lipinski definition) is 4. The summed E-state index contributed by atoms with van der Waals surface area (Å²) in [5.74, 6) is 0. The average Bonchev–Trinajstić information content (AvgIpc) is 3.05. The van der Waals surface area contributed by atoms with Crippen molar-refractivity contribution in [2.45, 2.75) is 6.54 Å². The largest absolute Gasteiger partial charge is 0.370 e. The Labute approximate surface area is 129 Å². The van der Waals surface area contributed by atoms with Gasteiger partial charge in [-0.25, -0.2) is 0 Å². The van der Waals surface area contributed by atoms with Crippen molar-refractivity contribution in [2.24, 2.45) is 5.73 Å². The highest BCUT2D eigenvalue weighted by molar-refractivity contribution is 5.87. The third-order valence-corrected chi connectivity index (χ3v) is 3.80. The first-order valence-electron chi connectivity index (χ1n) is 7.22. The Kier molecular flexibility index (Phi) is 3.89. The van der Waals surface area contributed by atoms with Gasteiger partial charge in [0.05, 0.1) is 0 Å². The van der Waals surface area contributed by atoms with E-state index in [0.29, 0.717) is 0 Å². The number of nitrogens with zero attached hydrogens (tertiary/aromatic N) is 3. The molecule has 0 atom stereocenters. The van der Waals surface area contributed by atoms with Crippen LogP contribution in [0.25, 0.3) is 22.5 Å². The van der Waals surface area contributed by atoms with E-state index in [0.717, 1.165) is 29.1 Å². The molecule has 4 rings (SSSR count). The average molecular weight is 293 g/mol. The summed E-state index contributed by atoms with van der Waals surface area (Å²) in [7, 11) is 3.61. The van der Waals surface area contributed by atoms with E-state index in [1.165, 1.54) is 18.3 Å². The van der Waals surface area contributed by atoms with Crippen LogP contribution >= 0.6 is 0 Å². The molecule has 0 unspecified atom stereocenters.